The molecule has 0 saturated carbocycles. The number of nitrogens with zero attached hydrogens (tertiary/aromatic N) is 1. The Morgan fingerprint density at radius 3 is 2.70 bits per heavy atom. The van der Waals surface area contributed by atoms with Gasteiger partial charge in [0.2, 0.25) is 0 Å². The summed E-state index contributed by atoms with van der Waals surface area (Å²) in [6, 6.07) is 10.8. The first-order valence-electron chi connectivity index (χ1n) is 9.83. The van der Waals surface area contributed by atoms with Crippen LogP contribution in [0.3, 0.4) is 0 Å². The molecule has 0 spiro atoms. The number of amides is 1. The molecule has 1 atom stereocenters. The number of ether oxygens (including phenoxy) is 2. The van der Waals surface area contributed by atoms with Crippen molar-refractivity contribution in [2.24, 2.45) is 0 Å². The maximum Gasteiger partial charge on any atom is 0.295 e. The van der Waals surface area contributed by atoms with E-state index in [4.69, 9.17) is 9.47 Å². The molecule has 2 aromatic rings. The number of rotatable bonds is 5. The number of aliphatic hydroxyl groups is 1. The van der Waals surface area contributed by atoms with Crippen LogP contribution in [0.5, 0.6) is 11.5 Å². The second-order valence-electron chi connectivity index (χ2n) is 7.35. The van der Waals surface area contributed by atoms with Crippen molar-refractivity contribution in [2.45, 2.75) is 18.9 Å². The van der Waals surface area contributed by atoms with Crippen LogP contribution in [0.25, 0.3) is 5.76 Å². The molecule has 0 radical (unpaired) electrons. The van der Waals surface area contributed by atoms with E-state index in [1.54, 1.807) is 30.3 Å². The van der Waals surface area contributed by atoms with Crippen molar-refractivity contribution < 1.29 is 29.3 Å². The minimum Gasteiger partial charge on any atom is -0.508 e. The highest BCUT2D eigenvalue weighted by atomic mass is 16.5. The van der Waals surface area contributed by atoms with E-state index in [9.17, 15) is 19.8 Å². The summed E-state index contributed by atoms with van der Waals surface area (Å²) in [5.41, 5.74) is 2.07. The molecule has 2 aromatic carbocycles. The van der Waals surface area contributed by atoms with Crippen molar-refractivity contribution in [3.8, 4) is 11.5 Å². The Hall–Kier alpha value is -3.32. The number of likely N-dealkylation sites (tertiary alicyclic amines) is 1. The Morgan fingerprint density at radius 1 is 1.20 bits per heavy atom. The molecule has 30 heavy (non-hydrogen) atoms. The molecule has 2 aliphatic heterocycles. The van der Waals surface area contributed by atoms with E-state index >= 15 is 0 Å². The molecule has 2 heterocycles. The molecule has 0 aliphatic carbocycles. The van der Waals surface area contributed by atoms with E-state index in [-0.39, 0.29) is 30.2 Å². The van der Waals surface area contributed by atoms with Gasteiger partial charge in [-0.2, -0.15) is 0 Å². The van der Waals surface area contributed by atoms with Gasteiger partial charge in [-0.3, -0.25) is 9.59 Å². The molecule has 0 aromatic heterocycles. The zero-order valence-electron chi connectivity index (χ0n) is 16.6. The summed E-state index contributed by atoms with van der Waals surface area (Å²) < 4.78 is 10.7. The summed E-state index contributed by atoms with van der Waals surface area (Å²) in [6.45, 7) is 1.10. The standard InChI is InChI=1S/C23H23NO6/c1-29-12-10-24-20(14-4-7-17(25)8-5-14)19(22(27)23(24)28)21(26)16-6-9-18-15(13-16)3-2-11-30-18/h4-9,13,20,25-26H,2-3,10-12H2,1H3/b21-19-. The van der Waals surface area contributed by atoms with E-state index < -0.39 is 17.7 Å². The van der Waals surface area contributed by atoms with Crippen molar-refractivity contribution >= 4 is 17.4 Å². The van der Waals surface area contributed by atoms with Crippen molar-refractivity contribution in [3.05, 3.63) is 64.7 Å². The average Bonchev–Trinajstić information content (AvgIpc) is 3.02. The summed E-state index contributed by atoms with van der Waals surface area (Å²) in [4.78, 5) is 27.1. The van der Waals surface area contributed by atoms with E-state index in [0.717, 1.165) is 24.2 Å². The lowest BCUT2D eigenvalue weighted by Crippen LogP contribution is -2.32. The number of ketones is 1. The van der Waals surface area contributed by atoms with Crippen LogP contribution >= 0.6 is 0 Å². The SMILES string of the molecule is COCCN1C(=O)C(=O)/C(=C(\O)c2ccc3c(c2)CCCO3)C1c1ccc(O)cc1. The largest absolute Gasteiger partial charge is 0.508 e. The molecular weight excluding hydrogens is 386 g/mol. The third kappa shape index (κ3) is 3.52. The topological polar surface area (TPSA) is 96.3 Å². The number of hydrogen-bond donors (Lipinski definition) is 2. The highest BCUT2D eigenvalue weighted by Crippen LogP contribution is 2.40. The number of benzene rings is 2. The Bertz CT molecular complexity index is 1010. The monoisotopic (exact) mass is 409 g/mol. The summed E-state index contributed by atoms with van der Waals surface area (Å²) in [5.74, 6) is -0.806. The molecular formula is C23H23NO6. The molecule has 0 bridgehead atoms. The zero-order chi connectivity index (χ0) is 21.3. The Labute approximate surface area is 174 Å². The number of methoxy groups -OCH3 is 1. The molecule has 1 fully saturated rings. The minimum absolute atomic E-state index is 0.0264. The number of Topliss-reactive ketones (excluding diaryl/α,β-unsaturated/α-hetero) is 1. The Kier molecular flexibility index (Phi) is 5.46. The normalized spacial score (nSPS) is 20.2. The van der Waals surface area contributed by atoms with Crippen molar-refractivity contribution in [2.75, 3.05) is 26.9 Å². The molecule has 1 saturated heterocycles. The van der Waals surface area contributed by atoms with Crippen LogP contribution in [-0.2, 0) is 20.7 Å². The second-order valence-corrected chi connectivity index (χ2v) is 7.35. The van der Waals surface area contributed by atoms with Gasteiger partial charge in [0.1, 0.15) is 17.3 Å². The Morgan fingerprint density at radius 2 is 1.97 bits per heavy atom. The number of carbonyl (C=O) groups excluding carboxylic acids is 2. The van der Waals surface area contributed by atoms with Crippen LogP contribution in [0.15, 0.2) is 48.0 Å². The fraction of sp³-hybridized carbons (Fsp3) is 0.304. The highest BCUT2D eigenvalue weighted by molar-refractivity contribution is 6.46. The van der Waals surface area contributed by atoms with Crippen LogP contribution in [-0.4, -0.2) is 53.7 Å². The maximum absolute atomic E-state index is 12.9. The number of aliphatic hydroxyl groups excluding tert-OH is 1. The number of aryl methyl sites for hydroxylation is 1. The lowest BCUT2D eigenvalue weighted by atomic mass is 9.94. The van der Waals surface area contributed by atoms with Gasteiger partial charge < -0.3 is 24.6 Å². The third-order valence-electron chi connectivity index (χ3n) is 5.47. The number of phenols is 1. The van der Waals surface area contributed by atoms with Crippen LogP contribution in [0.1, 0.15) is 29.2 Å². The van der Waals surface area contributed by atoms with Crippen LogP contribution in [0.4, 0.5) is 0 Å². The quantitative estimate of drug-likeness (QED) is 0.448. The van der Waals surface area contributed by atoms with Crippen LogP contribution < -0.4 is 4.74 Å². The van der Waals surface area contributed by atoms with Crippen molar-refractivity contribution in [1.29, 1.82) is 0 Å². The first-order chi connectivity index (χ1) is 14.5. The number of phenolic OH excluding ortho intramolecular Hbond substituents is 1. The molecule has 156 valence electrons. The Balaban J connectivity index is 1.82. The molecule has 7 heteroatoms. The van der Waals surface area contributed by atoms with Gasteiger partial charge >= 0.3 is 0 Å². The summed E-state index contributed by atoms with van der Waals surface area (Å²) in [7, 11) is 1.52. The second kappa shape index (κ2) is 8.20. The molecule has 2 N–H and O–H groups in total. The van der Waals surface area contributed by atoms with Gasteiger partial charge in [-0.05, 0) is 54.3 Å². The van der Waals surface area contributed by atoms with Gasteiger partial charge in [0.25, 0.3) is 11.7 Å². The van der Waals surface area contributed by atoms with Crippen LogP contribution in [0.2, 0.25) is 0 Å². The first-order valence-corrected chi connectivity index (χ1v) is 9.83. The molecule has 1 amide bonds. The molecule has 2 aliphatic rings. The highest BCUT2D eigenvalue weighted by Gasteiger charge is 2.45. The fourth-order valence-corrected chi connectivity index (χ4v) is 3.97. The van der Waals surface area contributed by atoms with Gasteiger partial charge in [-0.1, -0.05) is 12.1 Å². The fourth-order valence-electron chi connectivity index (χ4n) is 3.97. The van der Waals surface area contributed by atoms with Gasteiger partial charge in [-0.15, -0.1) is 0 Å². The molecule has 1 unspecified atom stereocenters. The number of aromatic hydroxyl groups is 1. The van der Waals surface area contributed by atoms with Gasteiger partial charge in [0, 0.05) is 19.2 Å². The lowest BCUT2D eigenvalue weighted by Gasteiger charge is -2.25. The lowest BCUT2D eigenvalue weighted by molar-refractivity contribution is -0.140. The predicted molar refractivity (Wildman–Crippen MR) is 109 cm³/mol. The predicted octanol–water partition coefficient (Wildman–Crippen LogP) is 2.79. The number of carbonyl (C=O) groups is 2. The average molecular weight is 409 g/mol. The van der Waals surface area contributed by atoms with E-state index in [2.05, 4.69) is 0 Å². The minimum atomic E-state index is -0.770. The molecule has 7 nitrogen and oxygen atoms in total. The van der Waals surface area contributed by atoms with Gasteiger partial charge in [0.15, 0.2) is 0 Å². The smallest absolute Gasteiger partial charge is 0.295 e. The summed E-state index contributed by atoms with van der Waals surface area (Å²) in [6.07, 6.45) is 1.70. The first kappa shape index (κ1) is 20.0. The number of hydrogen-bond acceptors (Lipinski definition) is 6. The van der Waals surface area contributed by atoms with Crippen molar-refractivity contribution in [3.63, 3.8) is 0 Å². The van der Waals surface area contributed by atoms with E-state index in [1.165, 1.54) is 24.1 Å². The van der Waals surface area contributed by atoms with Gasteiger partial charge in [-0.25, -0.2) is 0 Å². The van der Waals surface area contributed by atoms with Gasteiger partial charge in [0.05, 0.1) is 24.8 Å². The molecule has 4 rings (SSSR count). The third-order valence-corrected chi connectivity index (χ3v) is 5.47. The van der Waals surface area contributed by atoms with E-state index in [1.807, 2.05) is 0 Å². The van der Waals surface area contributed by atoms with Crippen LogP contribution in [0, 0.1) is 0 Å². The summed E-state index contributed by atoms with van der Waals surface area (Å²) in [5, 5.41) is 20.7. The summed E-state index contributed by atoms with van der Waals surface area (Å²) >= 11 is 0. The maximum atomic E-state index is 12.9. The number of fused-ring (bicyclic) bond motifs is 1. The van der Waals surface area contributed by atoms with Crippen molar-refractivity contribution in [1.82, 2.24) is 4.90 Å². The van der Waals surface area contributed by atoms with E-state index in [0.29, 0.717) is 17.7 Å². The zero-order valence-corrected chi connectivity index (χ0v) is 16.6.